The van der Waals surface area contributed by atoms with E-state index in [1.54, 1.807) is 49.4 Å². The number of esters is 2. The van der Waals surface area contributed by atoms with E-state index >= 15 is 4.79 Å². The number of likely N-dealkylation sites (tertiary alicyclic amines) is 1. The van der Waals surface area contributed by atoms with Crippen molar-refractivity contribution in [1.29, 1.82) is 0 Å². The van der Waals surface area contributed by atoms with Crippen LogP contribution in [0.2, 0.25) is 0 Å². The molecular formula is C38H41F3N4O8S. The van der Waals surface area contributed by atoms with E-state index in [0.717, 1.165) is 0 Å². The normalized spacial score (nSPS) is 16.7. The molecule has 5 rings (SSSR count). The summed E-state index contributed by atoms with van der Waals surface area (Å²) in [5, 5.41) is 3.70. The number of halogens is 3. The van der Waals surface area contributed by atoms with E-state index in [4.69, 9.17) is 15.2 Å². The number of ether oxygens (including phenoxy) is 3. The molecule has 3 N–H and O–H groups in total. The van der Waals surface area contributed by atoms with Crippen LogP contribution in [-0.4, -0.2) is 66.8 Å². The first-order chi connectivity index (χ1) is 25.4. The summed E-state index contributed by atoms with van der Waals surface area (Å²) in [6, 6.07) is 14.8. The first kappa shape index (κ1) is 39.8. The number of aromatic nitrogens is 1. The van der Waals surface area contributed by atoms with Gasteiger partial charge in [0.25, 0.3) is 0 Å². The number of fused-ring (bicyclic) bond motifs is 1. The number of amides is 1. The van der Waals surface area contributed by atoms with Gasteiger partial charge in [0.05, 0.1) is 34.8 Å². The number of pyridine rings is 1. The Hall–Kier alpha value is -5.38. The van der Waals surface area contributed by atoms with E-state index in [-0.39, 0.29) is 36.1 Å². The molecule has 1 aromatic heterocycles. The molecule has 54 heavy (non-hydrogen) atoms. The molecule has 1 aliphatic heterocycles. The van der Waals surface area contributed by atoms with Crippen molar-refractivity contribution in [2.75, 3.05) is 24.2 Å². The molecule has 16 heteroatoms. The molecule has 1 aliphatic rings. The van der Waals surface area contributed by atoms with Crippen molar-refractivity contribution in [2.45, 2.75) is 75.5 Å². The van der Waals surface area contributed by atoms with Crippen molar-refractivity contribution in [2.24, 2.45) is 5.92 Å². The Morgan fingerprint density at radius 2 is 1.72 bits per heavy atom. The lowest BCUT2D eigenvalue weighted by Crippen LogP contribution is -2.40. The maximum absolute atomic E-state index is 15.0. The first-order valence-electron chi connectivity index (χ1n) is 17.2. The SMILES string of the molecule is CCOc1cc(C(Nc2ccc3c(N)nccc3c2)C(=O)N2CCC(C(=O)OC(=O)C(F)(F)F)C2c2ccccc2S(=O)(=O)C(C)C)ccc1OC(C)C. The second kappa shape index (κ2) is 15.9. The molecule has 0 bridgehead atoms. The molecule has 3 unspecified atom stereocenters. The van der Waals surface area contributed by atoms with Crippen LogP contribution < -0.4 is 20.5 Å². The van der Waals surface area contributed by atoms with Gasteiger partial charge in [0.1, 0.15) is 11.9 Å². The minimum Gasteiger partial charge on any atom is -0.490 e. The lowest BCUT2D eigenvalue weighted by atomic mass is 9.93. The highest BCUT2D eigenvalue weighted by Crippen LogP contribution is 2.44. The van der Waals surface area contributed by atoms with Crippen LogP contribution in [0.25, 0.3) is 10.8 Å². The molecular weight excluding hydrogens is 729 g/mol. The maximum atomic E-state index is 15.0. The predicted octanol–water partition coefficient (Wildman–Crippen LogP) is 6.56. The molecule has 12 nitrogen and oxygen atoms in total. The monoisotopic (exact) mass is 770 g/mol. The Labute approximate surface area is 310 Å². The van der Waals surface area contributed by atoms with E-state index in [9.17, 15) is 31.2 Å². The van der Waals surface area contributed by atoms with Gasteiger partial charge in [-0.25, -0.2) is 18.2 Å². The number of alkyl halides is 3. The number of nitrogens with two attached hydrogens (primary N) is 1. The topological polar surface area (TPSA) is 167 Å². The second-order valence-electron chi connectivity index (χ2n) is 13.2. The number of benzene rings is 3. The van der Waals surface area contributed by atoms with E-state index in [2.05, 4.69) is 15.0 Å². The molecule has 0 radical (unpaired) electrons. The van der Waals surface area contributed by atoms with Gasteiger partial charge in [-0.1, -0.05) is 24.3 Å². The third-order valence-electron chi connectivity index (χ3n) is 8.89. The van der Waals surface area contributed by atoms with E-state index < -0.39 is 57.1 Å². The number of nitrogens with one attached hydrogen (secondary N) is 1. The molecule has 288 valence electrons. The molecule has 3 aromatic carbocycles. The van der Waals surface area contributed by atoms with Gasteiger partial charge in [0.2, 0.25) is 5.91 Å². The Kier molecular flexibility index (Phi) is 11.7. The van der Waals surface area contributed by atoms with Crippen molar-refractivity contribution in [3.8, 4) is 11.5 Å². The van der Waals surface area contributed by atoms with Gasteiger partial charge in [0.15, 0.2) is 21.3 Å². The first-order valence-corrected chi connectivity index (χ1v) is 18.8. The fourth-order valence-electron chi connectivity index (χ4n) is 6.37. The number of carbonyl (C=O) groups is 3. The van der Waals surface area contributed by atoms with Gasteiger partial charge in [-0.3, -0.25) is 9.59 Å². The fourth-order valence-corrected chi connectivity index (χ4v) is 7.66. The Morgan fingerprint density at radius 3 is 2.39 bits per heavy atom. The number of hydrogen-bond donors (Lipinski definition) is 2. The van der Waals surface area contributed by atoms with Gasteiger partial charge in [-0.05, 0) is 100 Å². The number of anilines is 2. The summed E-state index contributed by atoms with van der Waals surface area (Å²) in [6.07, 6.45) is -4.39. The summed E-state index contributed by atoms with van der Waals surface area (Å²) in [5.41, 5.74) is 6.90. The molecule has 0 spiro atoms. The van der Waals surface area contributed by atoms with Crippen molar-refractivity contribution in [1.82, 2.24) is 9.88 Å². The molecule has 3 atom stereocenters. The summed E-state index contributed by atoms with van der Waals surface area (Å²) in [7, 11) is -4.06. The summed E-state index contributed by atoms with van der Waals surface area (Å²) < 4.78 is 83.0. The van der Waals surface area contributed by atoms with E-state index in [1.165, 1.54) is 49.2 Å². The van der Waals surface area contributed by atoms with Crippen LogP contribution in [0.1, 0.15) is 64.3 Å². The highest BCUT2D eigenvalue weighted by Gasteiger charge is 2.49. The van der Waals surface area contributed by atoms with E-state index in [0.29, 0.717) is 39.3 Å². The van der Waals surface area contributed by atoms with Crippen molar-refractivity contribution in [3.05, 3.63) is 84.1 Å². The molecule has 4 aromatic rings. The second-order valence-corrected chi connectivity index (χ2v) is 15.7. The third kappa shape index (κ3) is 8.38. The molecule has 2 heterocycles. The average Bonchev–Trinajstić information content (AvgIpc) is 3.56. The van der Waals surface area contributed by atoms with E-state index in [1.807, 2.05) is 13.8 Å². The van der Waals surface area contributed by atoms with Crippen LogP contribution in [0.4, 0.5) is 24.7 Å². The number of hydrogen-bond acceptors (Lipinski definition) is 11. The summed E-state index contributed by atoms with van der Waals surface area (Å²) >= 11 is 0. The summed E-state index contributed by atoms with van der Waals surface area (Å²) in [5.74, 6) is -5.43. The highest BCUT2D eigenvalue weighted by atomic mass is 32.2. The van der Waals surface area contributed by atoms with Crippen LogP contribution >= 0.6 is 0 Å². The van der Waals surface area contributed by atoms with Gasteiger partial charge < -0.3 is 30.2 Å². The van der Waals surface area contributed by atoms with Crippen LogP contribution in [0, 0.1) is 5.92 Å². The number of carbonyl (C=O) groups excluding carboxylic acids is 3. The quantitative estimate of drug-likeness (QED) is 0.118. The largest absolute Gasteiger partial charge is 0.491 e. The van der Waals surface area contributed by atoms with Crippen LogP contribution in [0.5, 0.6) is 11.5 Å². The van der Waals surface area contributed by atoms with Crippen LogP contribution in [0.3, 0.4) is 0 Å². The maximum Gasteiger partial charge on any atom is 0.491 e. The smallest absolute Gasteiger partial charge is 0.490 e. The van der Waals surface area contributed by atoms with Gasteiger partial charge in [-0.15, -0.1) is 0 Å². The lowest BCUT2D eigenvalue weighted by Gasteiger charge is -2.33. The number of nitrogens with zero attached hydrogens (tertiary/aromatic N) is 2. The van der Waals surface area contributed by atoms with Crippen LogP contribution in [0.15, 0.2) is 77.8 Å². The van der Waals surface area contributed by atoms with Crippen molar-refractivity contribution < 1.29 is 50.2 Å². The summed E-state index contributed by atoms with van der Waals surface area (Å²) in [6.45, 7) is 8.43. The number of sulfone groups is 1. The molecule has 1 fully saturated rings. The summed E-state index contributed by atoms with van der Waals surface area (Å²) in [4.78, 5) is 45.4. The van der Waals surface area contributed by atoms with Gasteiger partial charge in [-0.2, -0.15) is 13.2 Å². The molecule has 0 aliphatic carbocycles. The number of nitrogen functional groups attached to an aromatic ring is 1. The standard InChI is InChI=1S/C38H41F3N4O8S/c1-6-51-30-20-24(11-14-29(30)52-21(2)3)32(44-25-12-13-26-23(19-25)15-17-43-34(26)42)35(46)45-18-16-28(36(47)53-37(48)38(39,40)41)33(45)27-9-7-8-10-31(27)54(49,50)22(4)5/h7-15,17,19-22,28,32-33,44H,6,16,18H2,1-5H3,(H2,42,43). The van der Waals surface area contributed by atoms with Gasteiger partial charge >= 0.3 is 18.1 Å². The zero-order valence-corrected chi connectivity index (χ0v) is 31.0. The van der Waals surface area contributed by atoms with Gasteiger partial charge in [0, 0.05) is 23.8 Å². The number of rotatable bonds is 12. The highest BCUT2D eigenvalue weighted by molar-refractivity contribution is 7.92. The zero-order chi connectivity index (χ0) is 39.5. The zero-order valence-electron chi connectivity index (χ0n) is 30.2. The minimum atomic E-state index is -5.47. The Bertz CT molecular complexity index is 2160. The minimum absolute atomic E-state index is 0.0124. The Balaban J connectivity index is 1.67. The van der Waals surface area contributed by atoms with Crippen molar-refractivity contribution >= 4 is 50.0 Å². The van der Waals surface area contributed by atoms with Crippen LogP contribution in [-0.2, 0) is 29.0 Å². The molecule has 0 saturated carbocycles. The average molecular weight is 771 g/mol. The molecule has 1 saturated heterocycles. The predicted molar refractivity (Wildman–Crippen MR) is 194 cm³/mol. The third-order valence-corrected chi connectivity index (χ3v) is 11.1. The van der Waals surface area contributed by atoms with Crippen molar-refractivity contribution in [3.63, 3.8) is 0 Å². The fraction of sp³-hybridized carbons (Fsp3) is 0.368. The Morgan fingerprint density at radius 1 is 1.00 bits per heavy atom. The lowest BCUT2D eigenvalue weighted by molar-refractivity contribution is -0.203. The molecule has 1 amide bonds.